The van der Waals surface area contributed by atoms with Gasteiger partial charge < -0.3 is 5.32 Å². The minimum atomic E-state index is -4.65. The third kappa shape index (κ3) is 5.35. The third-order valence-corrected chi connectivity index (χ3v) is 5.98. The van der Waals surface area contributed by atoms with Gasteiger partial charge >= 0.3 is 6.18 Å². The topological polar surface area (TPSA) is 93.1 Å². The minimum Gasteiger partial charge on any atom is -0.319 e. The zero-order chi connectivity index (χ0) is 23.5. The number of rotatable bonds is 7. The minimum absolute atomic E-state index is 0.0266. The van der Waals surface area contributed by atoms with E-state index in [-0.39, 0.29) is 22.7 Å². The highest BCUT2D eigenvalue weighted by Crippen LogP contribution is 2.33. The second-order valence-electron chi connectivity index (χ2n) is 7.07. The first-order chi connectivity index (χ1) is 15.0. The molecule has 0 spiro atoms. The quantitative estimate of drug-likeness (QED) is 0.558. The van der Waals surface area contributed by atoms with Crippen LogP contribution in [0.25, 0.3) is 16.9 Å². The molecule has 0 radical (unpaired) electrons. The van der Waals surface area contributed by atoms with Crippen LogP contribution in [-0.2, 0) is 21.0 Å². The van der Waals surface area contributed by atoms with Gasteiger partial charge in [-0.25, -0.2) is 17.8 Å². The van der Waals surface area contributed by atoms with Gasteiger partial charge in [-0.2, -0.15) is 18.3 Å². The predicted octanol–water partition coefficient (Wildman–Crippen LogP) is 3.28. The van der Waals surface area contributed by atoms with E-state index in [1.54, 1.807) is 31.3 Å². The van der Waals surface area contributed by atoms with Crippen LogP contribution in [0.15, 0.2) is 59.5 Å². The number of sulfonamides is 1. The SMILES string of the molecule is CNCCC(=O)NS(=O)(=O)c1ccc(-n2nc(C(F)(F)F)cc2-c2ccc(C)cc2)cc1. The lowest BCUT2D eigenvalue weighted by Crippen LogP contribution is -2.32. The number of hydrogen-bond donors (Lipinski definition) is 2. The Labute approximate surface area is 183 Å². The van der Waals surface area contributed by atoms with Crippen LogP contribution >= 0.6 is 0 Å². The molecule has 0 aliphatic rings. The normalized spacial score (nSPS) is 12.0. The van der Waals surface area contributed by atoms with Gasteiger partial charge in [-0.1, -0.05) is 29.8 Å². The summed E-state index contributed by atoms with van der Waals surface area (Å²) in [6.07, 6.45) is -4.67. The van der Waals surface area contributed by atoms with Crippen molar-refractivity contribution < 1.29 is 26.4 Å². The maximum Gasteiger partial charge on any atom is 0.435 e. The first kappa shape index (κ1) is 23.5. The highest BCUT2D eigenvalue weighted by Gasteiger charge is 2.35. The summed E-state index contributed by atoms with van der Waals surface area (Å²) in [5.41, 5.74) is 0.834. The van der Waals surface area contributed by atoms with Gasteiger partial charge in [0.1, 0.15) is 0 Å². The first-order valence-corrected chi connectivity index (χ1v) is 11.0. The largest absolute Gasteiger partial charge is 0.435 e. The summed E-state index contributed by atoms with van der Waals surface area (Å²) in [4.78, 5) is 11.6. The monoisotopic (exact) mass is 466 g/mol. The molecule has 1 aromatic heterocycles. The smallest absolute Gasteiger partial charge is 0.319 e. The number of alkyl halides is 3. The van der Waals surface area contributed by atoms with E-state index < -0.39 is 27.8 Å². The van der Waals surface area contributed by atoms with E-state index in [1.165, 1.54) is 24.3 Å². The molecule has 2 N–H and O–H groups in total. The van der Waals surface area contributed by atoms with E-state index >= 15 is 0 Å². The number of nitrogens with one attached hydrogen (secondary N) is 2. The van der Waals surface area contributed by atoms with Crippen LogP contribution < -0.4 is 10.0 Å². The predicted molar refractivity (Wildman–Crippen MR) is 113 cm³/mol. The van der Waals surface area contributed by atoms with Gasteiger partial charge in [0.25, 0.3) is 10.0 Å². The molecule has 170 valence electrons. The molecule has 3 rings (SSSR count). The molecule has 0 saturated heterocycles. The number of carbonyl (C=O) groups is 1. The Hall–Kier alpha value is -3.18. The molecule has 0 aliphatic carbocycles. The molecule has 0 unspecified atom stereocenters. The van der Waals surface area contributed by atoms with Gasteiger partial charge in [-0.15, -0.1) is 0 Å². The Bertz CT molecular complexity index is 1200. The molecular formula is C21H21F3N4O3S. The molecule has 32 heavy (non-hydrogen) atoms. The summed E-state index contributed by atoms with van der Waals surface area (Å²) in [7, 11) is -2.48. The maximum atomic E-state index is 13.3. The number of halogens is 3. The Morgan fingerprint density at radius 3 is 2.25 bits per heavy atom. The number of carbonyl (C=O) groups excluding carboxylic acids is 1. The molecule has 0 aliphatic heterocycles. The maximum absolute atomic E-state index is 13.3. The van der Waals surface area contributed by atoms with Crippen molar-refractivity contribution in [2.45, 2.75) is 24.4 Å². The van der Waals surface area contributed by atoms with Crippen LogP contribution in [0.2, 0.25) is 0 Å². The second kappa shape index (κ2) is 9.13. The summed E-state index contributed by atoms with van der Waals surface area (Å²) in [6.45, 7) is 2.17. The molecule has 1 amide bonds. The molecule has 3 aromatic rings. The molecule has 0 fully saturated rings. The van der Waals surface area contributed by atoms with Crippen molar-refractivity contribution in [3.8, 4) is 16.9 Å². The van der Waals surface area contributed by atoms with E-state index in [0.29, 0.717) is 12.1 Å². The number of hydrogen-bond acceptors (Lipinski definition) is 5. The average molecular weight is 466 g/mol. The average Bonchev–Trinajstić information content (AvgIpc) is 3.18. The number of nitrogens with zero attached hydrogens (tertiary/aromatic N) is 2. The van der Waals surface area contributed by atoms with Crippen LogP contribution in [0.1, 0.15) is 17.7 Å². The number of aryl methyl sites for hydroxylation is 1. The summed E-state index contributed by atoms with van der Waals surface area (Å²) in [5.74, 6) is -0.674. The van der Waals surface area contributed by atoms with Crippen LogP contribution in [0.4, 0.5) is 13.2 Å². The Morgan fingerprint density at radius 1 is 1.06 bits per heavy atom. The molecular weight excluding hydrogens is 445 g/mol. The summed E-state index contributed by atoms with van der Waals surface area (Å²) in [5, 5.41) is 6.43. The molecule has 11 heteroatoms. The van der Waals surface area contributed by atoms with Crippen molar-refractivity contribution in [1.82, 2.24) is 19.8 Å². The van der Waals surface area contributed by atoms with Gasteiger partial charge in [-0.3, -0.25) is 4.79 Å². The zero-order valence-electron chi connectivity index (χ0n) is 17.3. The van der Waals surface area contributed by atoms with Crippen LogP contribution in [0.5, 0.6) is 0 Å². The van der Waals surface area contributed by atoms with Gasteiger partial charge in [-0.05, 0) is 44.3 Å². The number of aromatic nitrogens is 2. The Morgan fingerprint density at radius 2 is 1.69 bits per heavy atom. The Kier molecular flexibility index (Phi) is 6.70. The van der Waals surface area contributed by atoms with E-state index in [0.717, 1.165) is 16.3 Å². The van der Waals surface area contributed by atoms with E-state index in [1.807, 2.05) is 11.6 Å². The lowest BCUT2D eigenvalue weighted by molar-refractivity contribution is -0.141. The van der Waals surface area contributed by atoms with Gasteiger partial charge in [0.2, 0.25) is 5.91 Å². The van der Waals surface area contributed by atoms with Crippen LogP contribution in [0.3, 0.4) is 0 Å². The molecule has 0 saturated carbocycles. The molecule has 2 aromatic carbocycles. The lowest BCUT2D eigenvalue weighted by atomic mass is 10.1. The van der Waals surface area contributed by atoms with Gasteiger partial charge in [0.15, 0.2) is 5.69 Å². The van der Waals surface area contributed by atoms with Crippen molar-refractivity contribution in [3.05, 3.63) is 65.9 Å². The van der Waals surface area contributed by atoms with Gasteiger partial charge in [0.05, 0.1) is 16.3 Å². The van der Waals surface area contributed by atoms with E-state index in [4.69, 9.17) is 0 Å². The summed E-state index contributed by atoms with van der Waals surface area (Å²) < 4.78 is 67.8. The van der Waals surface area contributed by atoms with Crippen molar-refractivity contribution >= 4 is 15.9 Å². The molecule has 1 heterocycles. The fourth-order valence-electron chi connectivity index (χ4n) is 2.91. The summed E-state index contributed by atoms with van der Waals surface area (Å²) in [6, 6.07) is 12.9. The second-order valence-corrected chi connectivity index (χ2v) is 8.75. The van der Waals surface area contributed by atoms with Crippen molar-refractivity contribution in [1.29, 1.82) is 0 Å². The van der Waals surface area contributed by atoms with Crippen LogP contribution in [-0.4, -0.2) is 37.7 Å². The molecule has 0 atom stereocenters. The number of benzene rings is 2. The standard InChI is InChI=1S/C21H21F3N4O3S/c1-14-3-5-15(6-4-14)18-13-19(21(22,23)24)26-28(18)16-7-9-17(10-8-16)32(30,31)27-20(29)11-12-25-2/h3-10,13,25H,11-12H2,1-2H3,(H,27,29). The van der Waals surface area contributed by atoms with Gasteiger partial charge in [0, 0.05) is 18.5 Å². The third-order valence-electron chi connectivity index (χ3n) is 4.59. The Balaban J connectivity index is 1.97. The molecule has 7 nitrogen and oxygen atoms in total. The lowest BCUT2D eigenvalue weighted by Gasteiger charge is -2.10. The molecule has 0 bridgehead atoms. The number of amides is 1. The van der Waals surface area contributed by atoms with Crippen molar-refractivity contribution in [2.75, 3.05) is 13.6 Å². The fraction of sp³-hybridized carbons (Fsp3) is 0.238. The zero-order valence-corrected chi connectivity index (χ0v) is 18.1. The van der Waals surface area contributed by atoms with E-state index in [9.17, 15) is 26.4 Å². The van der Waals surface area contributed by atoms with E-state index in [2.05, 4.69) is 10.4 Å². The van der Waals surface area contributed by atoms with Crippen LogP contribution in [0, 0.1) is 6.92 Å². The summed E-state index contributed by atoms with van der Waals surface area (Å²) >= 11 is 0. The first-order valence-electron chi connectivity index (χ1n) is 9.56. The van der Waals surface area contributed by atoms with Crippen molar-refractivity contribution in [3.63, 3.8) is 0 Å². The van der Waals surface area contributed by atoms with Crippen molar-refractivity contribution in [2.24, 2.45) is 0 Å². The highest BCUT2D eigenvalue weighted by molar-refractivity contribution is 7.90. The highest BCUT2D eigenvalue weighted by atomic mass is 32.2. The fourth-order valence-corrected chi connectivity index (χ4v) is 3.93.